The third-order valence-electron chi connectivity index (χ3n) is 4.75. The van der Waals surface area contributed by atoms with Gasteiger partial charge in [0.05, 0.1) is 12.2 Å². The Morgan fingerprint density at radius 1 is 1.04 bits per heavy atom. The smallest absolute Gasteiger partial charge is 0.321 e. The van der Waals surface area contributed by atoms with Gasteiger partial charge in [0.1, 0.15) is 0 Å². The average Bonchev–Trinajstić information content (AvgIpc) is 2.98. The highest BCUT2D eigenvalue weighted by atomic mass is 16.2. The van der Waals surface area contributed by atoms with Crippen LogP contribution >= 0.6 is 0 Å². The standard InChI is InChI=1S/C21H26N4O2/c1-24(16-19-8-4-5-13-22-19)21(27)23-18-11-9-17(10-12-18)20(26)25-14-6-2-3-7-15-25/h4-5,8-13H,2-3,6-7,14-16H2,1H3,(H,23,27). The van der Waals surface area contributed by atoms with Gasteiger partial charge in [0.2, 0.25) is 0 Å². The van der Waals surface area contributed by atoms with Gasteiger partial charge in [-0.3, -0.25) is 9.78 Å². The van der Waals surface area contributed by atoms with E-state index in [-0.39, 0.29) is 11.9 Å². The number of carbonyl (C=O) groups is 2. The summed E-state index contributed by atoms with van der Waals surface area (Å²) in [6.07, 6.45) is 6.24. The van der Waals surface area contributed by atoms with Crippen LogP contribution in [0.4, 0.5) is 10.5 Å². The van der Waals surface area contributed by atoms with Gasteiger partial charge >= 0.3 is 6.03 Å². The summed E-state index contributed by atoms with van der Waals surface area (Å²) in [6.45, 7) is 2.09. The summed E-state index contributed by atoms with van der Waals surface area (Å²) in [5.41, 5.74) is 2.16. The Morgan fingerprint density at radius 2 is 1.74 bits per heavy atom. The third-order valence-corrected chi connectivity index (χ3v) is 4.75. The number of carbonyl (C=O) groups excluding carboxylic acids is 2. The molecule has 6 heteroatoms. The summed E-state index contributed by atoms with van der Waals surface area (Å²) in [4.78, 5) is 32.7. The maximum Gasteiger partial charge on any atom is 0.321 e. The Kier molecular flexibility index (Phi) is 6.41. The Labute approximate surface area is 160 Å². The summed E-state index contributed by atoms with van der Waals surface area (Å²) < 4.78 is 0. The van der Waals surface area contributed by atoms with Gasteiger partial charge < -0.3 is 15.1 Å². The largest absolute Gasteiger partial charge is 0.339 e. The molecule has 0 unspecified atom stereocenters. The number of amides is 3. The van der Waals surface area contributed by atoms with E-state index in [2.05, 4.69) is 10.3 Å². The number of urea groups is 1. The van der Waals surface area contributed by atoms with Gasteiger partial charge in [0, 0.05) is 37.6 Å². The molecule has 2 aromatic rings. The molecule has 0 spiro atoms. The lowest BCUT2D eigenvalue weighted by Crippen LogP contribution is -2.32. The molecular weight excluding hydrogens is 340 g/mol. The molecule has 0 saturated carbocycles. The predicted octanol–water partition coefficient (Wildman–Crippen LogP) is 3.76. The van der Waals surface area contributed by atoms with Gasteiger partial charge in [-0.1, -0.05) is 18.9 Å². The van der Waals surface area contributed by atoms with Crippen molar-refractivity contribution in [1.29, 1.82) is 0 Å². The van der Waals surface area contributed by atoms with Gasteiger partial charge in [0.25, 0.3) is 5.91 Å². The molecule has 1 N–H and O–H groups in total. The molecule has 0 aliphatic carbocycles. The molecule has 1 aliphatic rings. The van der Waals surface area contributed by atoms with Gasteiger partial charge in [-0.25, -0.2) is 4.79 Å². The van der Waals surface area contributed by atoms with Gasteiger partial charge in [-0.2, -0.15) is 0 Å². The molecule has 1 fully saturated rings. The summed E-state index contributed by atoms with van der Waals surface area (Å²) in [6, 6.07) is 12.5. The van der Waals surface area contributed by atoms with Gasteiger partial charge in [0.15, 0.2) is 0 Å². The van der Waals surface area contributed by atoms with Crippen LogP contribution in [-0.2, 0) is 6.54 Å². The molecule has 27 heavy (non-hydrogen) atoms. The van der Waals surface area contributed by atoms with Crippen LogP contribution in [-0.4, -0.2) is 46.9 Å². The van der Waals surface area contributed by atoms with E-state index in [9.17, 15) is 9.59 Å². The molecule has 1 aromatic carbocycles. The molecular formula is C21H26N4O2. The van der Waals surface area contributed by atoms with Crippen molar-refractivity contribution >= 4 is 17.6 Å². The fourth-order valence-electron chi connectivity index (χ4n) is 3.18. The molecule has 0 atom stereocenters. The quantitative estimate of drug-likeness (QED) is 0.896. The molecule has 1 saturated heterocycles. The number of anilines is 1. The van der Waals surface area contributed by atoms with Crippen LogP contribution in [0.1, 0.15) is 41.7 Å². The maximum absolute atomic E-state index is 12.6. The van der Waals surface area contributed by atoms with Crippen LogP contribution in [0.25, 0.3) is 0 Å². The number of likely N-dealkylation sites (tertiary alicyclic amines) is 1. The minimum atomic E-state index is -0.216. The van der Waals surface area contributed by atoms with E-state index in [4.69, 9.17) is 0 Å². The fraction of sp³-hybridized carbons (Fsp3) is 0.381. The predicted molar refractivity (Wildman–Crippen MR) is 106 cm³/mol. The number of benzene rings is 1. The minimum Gasteiger partial charge on any atom is -0.339 e. The SMILES string of the molecule is CN(Cc1ccccn1)C(=O)Nc1ccc(C(=O)N2CCCCCC2)cc1. The zero-order chi connectivity index (χ0) is 19.1. The van der Waals surface area contributed by atoms with E-state index in [0.717, 1.165) is 31.6 Å². The summed E-state index contributed by atoms with van der Waals surface area (Å²) in [5.74, 6) is 0.0713. The van der Waals surface area contributed by atoms with E-state index in [0.29, 0.717) is 17.8 Å². The van der Waals surface area contributed by atoms with Crippen LogP contribution < -0.4 is 5.32 Å². The van der Waals surface area contributed by atoms with Crippen molar-refractivity contribution in [3.63, 3.8) is 0 Å². The Balaban J connectivity index is 1.56. The number of pyridine rings is 1. The first kappa shape index (κ1) is 18.9. The lowest BCUT2D eigenvalue weighted by atomic mass is 10.1. The van der Waals surface area contributed by atoms with Crippen LogP contribution in [0.5, 0.6) is 0 Å². The Morgan fingerprint density at radius 3 is 2.37 bits per heavy atom. The number of nitrogens with one attached hydrogen (secondary N) is 1. The zero-order valence-corrected chi connectivity index (χ0v) is 15.7. The first-order valence-electron chi connectivity index (χ1n) is 9.45. The van der Waals surface area contributed by atoms with Crippen molar-refractivity contribution in [3.8, 4) is 0 Å². The highest BCUT2D eigenvalue weighted by Gasteiger charge is 2.17. The normalized spacial score (nSPS) is 14.3. The lowest BCUT2D eigenvalue weighted by molar-refractivity contribution is 0.0761. The highest BCUT2D eigenvalue weighted by Crippen LogP contribution is 2.16. The molecule has 1 aliphatic heterocycles. The molecule has 3 rings (SSSR count). The van der Waals surface area contributed by atoms with Crippen molar-refractivity contribution in [2.75, 3.05) is 25.5 Å². The number of aromatic nitrogens is 1. The first-order valence-corrected chi connectivity index (χ1v) is 9.45. The van der Waals surface area contributed by atoms with E-state index in [1.807, 2.05) is 23.1 Å². The van der Waals surface area contributed by atoms with Crippen molar-refractivity contribution in [2.24, 2.45) is 0 Å². The van der Waals surface area contributed by atoms with Crippen molar-refractivity contribution < 1.29 is 9.59 Å². The second kappa shape index (κ2) is 9.16. The van der Waals surface area contributed by atoms with Crippen LogP contribution in [0.3, 0.4) is 0 Å². The van der Waals surface area contributed by atoms with E-state index >= 15 is 0 Å². The maximum atomic E-state index is 12.6. The zero-order valence-electron chi connectivity index (χ0n) is 15.7. The Bertz CT molecular complexity index is 754. The molecule has 0 radical (unpaired) electrons. The average molecular weight is 366 g/mol. The van der Waals surface area contributed by atoms with Crippen LogP contribution in [0.2, 0.25) is 0 Å². The Hall–Kier alpha value is -2.89. The third kappa shape index (κ3) is 5.29. The number of rotatable bonds is 4. The summed E-state index contributed by atoms with van der Waals surface area (Å²) in [5, 5.41) is 2.85. The molecule has 1 aromatic heterocycles. The van der Waals surface area contributed by atoms with Gasteiger partial charge in [-0.15, -0.1) is 0 Å². The second-order valence-corrected chi connectivity index (χ2v) is 6.89. The molecule has 3 amide bonds. The lowest BCUT2D eigenvalue weighted by Gasteiger charge is -2.20. The number of nitrogens with zero attached hydrogens (tertiary/aromatic N) is 3. The molecule has 6 nitrogen and oxygen atoms in total. The molecule has 142 valence electrons. The monoisotopic (exact) mass is 366 g/mol. The van der Waals surface area contributed by atoms with E-state index < -0.39 is 0 Å². The van der Waals surface area contributed by atoms with E-state index in [1.54, 1.807) is 42.4 Å². The van der Waals surface area contributed by atoms with Crippen molar-refractivity contribution in [3.05, 3.63) is 59.9 Å². The highest BCUT2D eigenvalue weighted by molar-refractivity contribution is 5.95. The first-order chi connectivity index (χ1) is 13.1. The van der Waals surface area contributed by atoms with Crippen molar-refractivity contribution in [2.45, 2.75) is 32.2 Å². The van der Waals surface area contributed by atoms with Gasteiger partial charge in [-0.05, 0) is 49.2 Å². The summed E-state index contributed by atoms with van der Waals surface area (Å²) >= 11 is 0. The van der Waals surface area contributed by atoms with Crippen LogP contribution in [0.15, 0.2) is 48.7 Å². The second-order valence-electron chi connectivity index (χ2n) is 6.89. The summed E-state index contributed by atoms with van der Waals surface area (Å²) in [7, 11) is 1.72. The van der Waals surface area contributed by atoms with Crippen molar-refractivity contribution in [1.82, 2.24) is 14.8 Å². The topological polar surface area (TPSA) is 65.5 Å². The molecule has 0 bridgehead atoms. The number of hydrogen-bond donors (Lipinski definition) is 1. The number of hydrogen-bond acceptors (Lipinski definition) is 3. The fourth-order valence-corrected chi connectivity index (χ4v) is 3.18. The minimum absolute atomic E-state index is 0.0713. The molecule has 2 heterocycles. The van der Waals surface area contributed by atoms with Crippen LogP contribution in [0, 0.1) is 0 Å². The van der Waals surface area contributed by atoms with E-state index in [1.165, 1.54) is 12.8 Å².